The molecule has 2 aromatic rings. The summed E-state index contributed by atoms with van der Waals surface area (Å²) in [5.41, 5.74) is 10.3. The summed E-state index contributed by atoms with van der Waals surface area (Å²) in [7, 11) is 0. The van der Waals surface area contributed by atoms with E-state index in [9.17, 15) is 0 Å². The van der Waals surface area contributed by atoms with E-state index in [1.165, 1.54) is 62.5 Å². The second kappa shape index (κ2) is 14.3. The standard InChI is InChI=1S/C29H37.C7H12.C5H5.2ClH.Ti/c1-18-25-22-17-19-13-9-10-14-20(19)24(22)21-15-11-12-16-23(21)29(25,8)28(6,7)27(4,5)26(18,2)3;1-2-4-6-7-5-3-1;1-2-4-5-3-1;;;/h9-11,13-15,23H,12,16-17H2,1-8H3;1-6H2;1-5H;2*1H;/q-1;;-1;;;+2/p-2. The summed E-state index contributed by atoms with van der Waals surface area (Å²) in [6.45, 7) is 20.3. The normalized spacial score (nSPS) is 27.0. The Hall–Kier alpha value is -1.18. The largest absolute Gasteiger partial charge is 0.214 e. The van der Waals surface area contributed by atoms with Crippen LogP contribution in [0.4, 0.5) is 0 Å². The first kappa shape index (κ1) is 37.3. The molecule has 238 valence electrons. The zero-order chi connectivity index (χ0) is 30.3. The number of hydrogen-bond acceptors (Lipinski definition) is 0. The first-order chi connectivity index (χ1) is 19.9. The molecular formula is C41H54Cl2Ti-2. The van der Waals surface area contributed by atoms with E-state index in [1.54, 1.807) is 32.0 Å². The van der Waals surface area contributed by atoms with Gasteiger partial charge in [0, 0.05) is 0 Å². The summed E-state index contributed by atoms with van der Waals surface area (Å²) in [5, 5.41) is 0. The van der Waals surface area contributed by atoms with E-state index in [-0.39, 0.29) is 46.5 Å². The van der Waals surface area contributed by atoms with Gasteiger partial charge >= 0.3 is 62.3 Å². The Balaban J connectivity index is 0.000000293. The van der Waals surface area contributed by atoms with Gasteiger partial charge in [-0.1, -0.05) is 113 Å². The maximum absolute atomic E-state index is 2.62. The molecule has 2 unspecified atom stereocenters. The molecule has 5 aliphatic carbocycles. The zero-order valence-electron chi connectivity index (χ0n) is 28.5. The molecule has 0 spiro atoms. The molecule has 3 heteroatoms. The van der Waals surface area contributed by atoms with Crippen molar-refractivity contribution in [1.29, 1.82) is 0 Å². The van der Waals surface area contributed by atoms with Crippen molar-refractivity contribution < 1.29 is 44.8 Å². The van der Waals surface area contributed by atoms with Gasteiger partial charge in [0.1, 0.15) is 0 Å². The number of rotatable bonds is 0. The molecule has 0 saturated heterocycles. The number of benzene rings is 1. The van der Waals surface area contributed by atoms with Crippen LogP contribution in [0.2, 0.25) is 0 Å². The van der Waals surface area contributed by atoms with Crippen LogP contribution >= 0.6 is 0 Å². The van der Waals surface area contributed by atoms with Gasteiger partial charge in [0.25, 0.3) is 0 Å². The summed E-state index contributed by atoms with van der Waals surface area (Å²) >= 11 is 2.30. The molecule has 0 radical (unpaired) electrons. The van der Waals surface area contributed by atoms with Gasteiger partial charge < -0.3 is 24.8 Å². The zero-order valence-corrected chi connectivity index (χ0v) is 31.6. The third-order valence-electron chi connectivity index (χ3n) is 13.1. The Morgan fingerprint density at radius 3 is 2.02 bits per heavy atom. The number of allylic oxidation sites excluding steroid dienone is 6. The van der Waals surface area contributed by atoms with Gasteiger partial charge in [0.15, 0.2) is 0 Å². The van der Waals surface area contributed by atoms with Crippen molar-refractivity contribution >= 4 is 9.38 Å². The second-order valence-electron chi connectivity index (χ2n) is 15.2. The molecule has 0 aromatic heterocycles. The fourth-order valence-corrected chi connectivity index (χ4v) is 9.60. The maximum atomic E-state index is 2.62. The van der Waals surface area contributed by atoms with Crippen molar-refractivity contribution in [3.8, 4) is 0 Å². The molecule has 7 rings (SSSR count). The Bertz CT molecular complexity index is 1360. The summed E-state index contributed by atoms with van der Waals surface area (Å²) in [5.74, 6) is 2.24. The maximum Gasteiger partial charge on any atom is -0.172 e. The van der Waals surface area contributed by atoms with Crippen LogP contribution in [0.5, 0.6) is 0 Å². The van der Waals surface area contributed by atoms with Crippen molar-refractivity contribution in [3.63, 3.8) is 0 Å². The predicted molar refractivity (Wildman–Crippen MR) is 179 cm³/mol. The number of fused-ring (bicyclic) bond motifs is 6. The number of hydrogen-bond donors (Lipinski definition) is 0. The monoisotopic (exact) mass is 664 g/mol. The van der Waals surface area contributed by atoms with Gasteiger partial charge in [-0.25, -0.2) is 18.1 Å². The molecule has 2 aromatic carbocycles. The van der Waals surface area contributed by atoms with Crippen LogP contribution in [0.25, 0.3) is 5.57 Å². The van der Waals surface area contributed by atoms with Crippen LogP contribution in [-0.2, 0) is 26.4 Å². The quantitative estimate of drug-likeness (QED) is 0.200. The van der Waals surface area contributed by atoms with E-state index in [2.05, 4.69) is 112 Å². The Labute approximate surface area is 293 Å². The van der Waals surface area contributed by atoms with E-state index in [4.69, 9.17) is 0 Å². The average molecular weight is 666 g/mol. The summed E-state index contributed by atoms with van der Waals surface area (Å²) in [6.07, 6.45) is 17.1. The third-order valence-corrected chi connectivity index (χ3v) is 13.8. The van der Waals surface area contributed by atoms with Crippen molar-refractivity contribution in [2.24, 2.45) is 27.6 Å². The molecule has 2 saturated carbocycles. The van der Waals surface area contributed by atoms with Gasteiger partial charge in [0.05, 0.1) is 0 Å². The SMILES string of the molecule is C[C-]1C2=C3Cc4ccccc4C3=C3C=CCCC3C2(C)C(C)(C)C(C)(C)C1(C)C.[Cl-].[Cl-].[Ti+2]=[C]1CCCCCC1.c1cc[cH-]c1. The predicted octanol–water partition coefficient (Wildman–Crippen LogP) is 5.44. The fourth-order valence-electron chi connectivity index (χ4n) is 9.04. The first-order valence-electron chi connectivity index (χ1n) is 16.7. The number of halogens is 2. The molecule has 0 nitrogen and oxygen atoms in total. The topological polar surface area (TPSA) is 0 Å². The smallest absolute Gasteiger partial charge is 0.172 e. The minimum atomic E-state index is 0. The van der Waals surface area contributed by atoms with Crippen molar-refractivity contribution in [1.82, 2.24) is 0 Å². The van der Waals surface area contributed by atoms with E-state index in [0.717, 1.165) is 6.42 Å². The van der Waals surface area contributed by atoms with Gasteiger partial charge in [0.2, 0.25) is 0 Å². The molecule has 5 aliphatic rings. The van der Waals surface area contributed by atoms with Crippen LogP contribution in [0, 0.1) is 33.5 Å². The van der Waals surface area contributed by atoms with Crippen molar-refractivity contribution in [2.45, 2.75) is 113 Å². The first-order valence-corrected chi connectivity index (χ1v) is 17.5. The molecule has 0 amide bonds. The third kappa shape index (κ3) is 6.01. The minimum absolute atomic E-state index is 0. The minimum Gasteiger partial charge on any atom is -0.214 e. The van der Waals surface area contributed by atoms with Gasteiger partial charge in [-0.2, -0.15) is 29.3 Å². The van der Waals surface area contributed by atoms with E-state index < -0.39 is 0 Å². The van der Waals surface area contributed by atoms with Gasteiger partial charge in [-0.15, -0.1) is 6.92 Å². The summed E-state index contributed by atoms with van der Waals surface area (Å²) < 4.78 is 1.72. The molecule has 44 heavy (non-hydrogen) atoms. The van der Waals surface area contributed by atoms with Crippen LogP contribution in [0.1, 0.15) is 118 Å². The fraction of sp³-hybridized carbons (Fsp3) is 0.537. The van der Waals surface area contributed by atoms with Gasteiger partial charge in [-0.05, 0) is 40.6 Å². The molecule has 2 atom stereocenters. The van der Waals surface area contributed by atoms with Crippen molar-refractivity contribution in [3.05, 3.63) is 101 Å². The Morgan fingerprint density at radius 2 is 1.43 bits per heavy atom. The Morgan fingerprint density at radius 1 is 0.818 bits per heavy atom. The van der Waals surface area contributed by atoms with Crippen molar-refractivity contribution in [2.75, 3.05) is 0 Å². The average Bonchev–Trinajstić information content (AvgIpc) is 3.61. The molecule has 0 N–H and O–H groups in total. The van der Waals surface area contributed by atoms with Gasteiger partial charge in [-0.3, -0.25) is 0 Å². The van der Waals surface area contributed by atoms with Crippen LogP contribution in [0.3, 0.4) is 0 Å². The molecule has 2 fully saturated rings. The van der Waals surface area contributed by atoms with E-state index >= 15 is 0 Å². The Kier molecular flexibility index (Phi) is 12.1. The van der Waals surface area contributed by atoms with Crippen LogP contribution in [0.15, 0.2) is 83.5 Å². The second-order valence-corrected chi connectivity index (χ2v) is 16.3. The molecular weight excluding hydrogens is 611 g/mol. The summed E-state index contributed by atoms with van der Waals surface area (Å²) in [6, 6.07) is 19.2. The van der Waals surface area contributed by atoms with Crippen LogP contribution < -0.4 is 24.8 Å². The molecule has 0 aliphatic heterocycles. The molecule has 0 bridgehead atoms. The van der Waals surface area contributed by atoms with E-state index in [1.807, 2.05) is 30.3 Å². The van der Waals surface area contributed by atoms with Crippen LogP contribution in [-0.4, -0.2) is 3.81 Å². The summed E-state index contributed by atoms with van der Waals surface area (Å²) in [4.78, 5) is 0. The molecule has 0 heterocycles. The van der Waals surface area contributed by atoms with E-state index in [0.29, 0.717) is 5.92 Å².